The van der Waals surface area contributed by atoms with Crippen LogP contribution in [0.5, 0.6) is 34.5 Å². The summed E-state index contributed by atoms with van der Waals surface area (Å²) in [6, 6.07) is 32.7. The van der Waals surface area contributed by atoms with Crippen molar-refractivity contribution in [1.29, 1.82) is 0 Å². The fourth-order valence-electron chi connectivity index (χ4n) is 8.30. The molecule has 0 spiro atoms. The average Bonchev–Trinajstić information content (AvgIpc) is 3.39. The summed E-state index contributed by atoms with van der Waals surface area (Å²) in [7, 11) is -0.943. The molecule has 0 N–H and O–H groups in total. The first-order chi connectivity index (χ1) is 31.8. The Morgan fingerprint density at radius 1 is 0.441 bits per heavy atom. The summed E-state index contributed by atoms with van der Waals surface area (Å²) in [6.07, 6.45) is 0. The monoisotopic (exact) mass is 956 g/mol. The van der Waals surface area contributed by atoms with Gasteiger partial charge in [0, 0.05) is 44.2 Å². The Labute approximate surface area is 406 Å². The second-order valence-corrected chi connectivity index (χ2v) is 24.0. The van der Waals surface area contributed by atoms with Crippen molar-refractivity contribution >= 4 is 38.8 Å². The fourth-order valence-corrected chi connectivity index (χ4v) is 10.6. The molecule has 6 aromatic carbocycles. The van der Waals surface area contributed by atoms with Gasteiger partial charge < -0.3 is 36.0 Å². The van der Waals surface area contributed by atoms with Crippen LogP contribution in [-0.4, -0.2) is 14.2 Å². The molecule has 1 aromatic heterocycles. The third kappa shape index (κ3) is 10.8. The van der Waals surface area contributed by atoms with Gasteiger partial charge in [0.15, 0.2) is 0 Å². The highest BCUT2D eigenvalue weighted by Crippen LogP contribution is 2.55. The summed E-state index contributed by atoms with van der Waals surface area (Å²) in [5.74, 6) is 3.69. The molecule has 0 aliphatic heterocycles. The van der Waals surface area contributed by atoms with Gasteiger partial charge in [-0.25, -0.2) is 0 Å². The van der Waals surface area contributed by atoms with Crippen LogP contribution in [0.25, 0.3) is 33.1 Å². The minimum absolute atomic E-state index is 0.268. The molecule has 0 unspecified atom stereocenters. The smallest absolute Gasteiger partial charge is 0.497 e. The minimum atomic E-state index is -2.18. The van der Waals surface area contributed by atoms with Crippen LogP contribution in [0.15, 0.2) is 105 Å². The first-order valence-corrected chi connectivity index (χ1v) is 25.5. The molecule has 0 amide bonds. The number of benzene rings is 6. The van der Waals surface area contributed by atoms with E-state index < -0.39 is 27.7 Å². The van der Waals surface area contributed by atoms with Gasteiger partial charge >= 0.3 is 16.8 Å². The largest absolute Gasteiger partial charge is 0.530 e. The molecule has 0 aliphatic carbocycles. The van der Waals surface area contributed by atoms with E-state index in [2.05, 4.69) is 121 Å². The van der Waals surface area contributed by atoms with Gasteiger partial charge in [0.2, 0.25) is 0 Å². The Morgan fingerprint density at radius 2 is 0.824 bits per heavy atom. The van der Waals surface area contributed by atoms with Crippen molar-refractivity contribution in [2.24, 2.45) is 0 Å². The van der Waals surface area contributed by atoms with E-state index in [1.807, 2.05) is 86.6 Å². The molecule has 10 heteroatoms. The second kappa shape index (κ2) is 19.1. The lowest BCUT2D eigenvalue weighted by atomic mass is 9.81. The minimum Gasteiger partial charge on any atom is -0.497 e. The number of hydrogen-bond acceptors (Lipinski definition) is 8. The molecule has 0 atom stereocenters. The predicted octanol–water partition coefficient (Wildman–Crippen LogP) is 18.0. The number of rotatable bonds is 11. The third-order valence-electron chi connectivity index (χ3n) is 12.1. The zero-order valence-corrected chi connectivity index (χ0v) is 45.2. The van der Waals surface area contributed by atoms with Gasteiger partial charge in [0.1, 0.15) is 45.7 Å². The van der Waals surface area contributed by atoms with Crippen molar-refractivity contribution < 1.29 is 36.0 Å². The van der Waals surface area contributed by atoms with Crippen LogP contribution in [0.2, 0.25) is 0 Å². The lowest BCUT2D eigenvalue weighted by molar-refractivity contribution is 0.378. The molecule has 7 rings (SSSR count). The average molecular weight is 957 g/mol. The Kier molecular flexibility index (Phi) is 14.1. The molecule has 0 aliphatic rings. The molecule has 0 radical (unpaired) electrons. The standard InChI is InChI=1S/C58H70O8P2/c1-35-27-41-42-28-36(2)30-46(56(8,9)10)52(42)65-68(64-51(41)45(29-35)55(5,6)7)66-54-44(32-40(60-18)34-48(54)58(14,15)16)43-31-39(59-17)33-47(57(11,12)13)53(43)63-67(61-49-25-21-19-23-37(49)3)62-50-26-22-20-24-38(50)4/h19-34H,1-18H3. The predicted molar refractivity (Wildman–Crippen MR) is 283 cm³/mol. The van der Waals surface area contributed by atoms with Gasteiger partial charge in [-0.15, -0.1) is 0 Å². The highest BCUT2D eigenvalue weighted by atomic mass is 31.2. The summed E-state index contributed by atoms with van der Waals surface area (Å²) in [5.41, 5.74) is 9.49. The maximum atomic E-state index is 7.48. The van der Waals surface area contributed by atoms with Gasteiger partial charge in [-0.1, -0.05) is 132 Å². The number of ether oxygens (including phenoxy) is 2. The molecule has 7 aromatic rings. The zero-order chi connectivity index (χ0) is 49.7. The quantitative estimate of drug-likeness (QED) is 0.119. The van der Waals surface area contributed by atoms with Crippen LogP contribution in [0.4, 0.5) is 0 Å². The van der Waals surface area contributed by atoms with Crippen molar-refractivity contribution in [1.82, 2.24) is 0 Å². The van der Waals surface area contributed by atoms with E-state index in [4.69, 9.17) is 36.0 Å². The van der Waals surface area contributed by atoms with Gasteiger partial charge in [0.25, 0.3) is 0 Å². The first-order valence-electron chi connectivity index (χ1n) is 23.3. The summed E-state index contributed by atoms with van der Waals surface area (Å²) >= 11 is 0. The van der Waals surface area contributed by atoms with Crippen molar-refractivity contribution in [3.05, 3.63) is 142 Å². The van der Waals surface area contributed by atoms with Gasteiger partial charge in [-0.2, -0.15) is 0 Å². The lowest BCUT2D eigenvalue weighted by Gasteiger charge is -2.29. The number of fused-ring (bicyclic) bond motifs is 3. The van der Waals surface area contributed by atoms with Crippen LogP contribution in [-0.2, 0) is 21.7 Å². The summed E-state index contributed by atoms with van der Waals surface area (Å²) in [4.78, 5) is 0. The second-order valence-electron chi connectivity index (χ2n) is 22.0. The Bertz CT molecular complexity index is 2900. The first kappa shape index (κ1) is 50.3. The Balaban J connectivity index is 1.59. The van der Waals surface area contributed by atoms with E-state index in [1.54, 1.807) is 14.2 Å². The Hall–Kier alpha value is -5.55. The highest BCUT2D eigenvalue weighted by Gasteiger charge is 2.34. The molecule has 0 bridgehead atoms. The number of para-hydroxylation sites is 2. The molecule has 360 valence electrons. The van der Waals surface area contributed by atoms with Crippen LogP contribution < -0.4 is 27.6 Å². The van der Waals surface area contributed by atoms with Crippen LogP contribution in [0, 0.1) is 27.7 Å². The van der Waals surface area contributed by atoms with Gasteiger partial charge in [-0.3, -0.25) is 0 Å². The van der Waals surface area contributed by atoms with Crippen molar-refractivity contribution in [3.8, 4) is 45.6 Å². The molecule has 8 nitrogen and oxygen atoms in total. The van der Waals surface area contributed by atoms with Crippen LogP contribution in [0.3, 0.4) is 0 Å². The van der Waals surface area contributed by atoms with Crippen molar-refractivity contribution in [2.45, 2.75) is 132 Å². The molecule has 68 heavy (non-hydrogen) atoms. The number of methoxy groups -OCH3 is 2. The van der Waals surface area contributed by atoms with Crippen LogP contribution >= 0.6 is 16.8 Å². The molecular weight excluding hydrogens is 887 g/mol. The van der Waals surface area contributed by atoms with Crippen molar-refractivity contribution in [2.75, 3.05) is 14.2 Å². The maximum Gasteiger partial charge on any atom is 0.530 e. The lowest BCUT2D eigenvalue weighted by Crippen LogP contribution is -2.16. The van der Waals surface area contributed by atoms with E-state index in [1.165, 1.54) is 0 Å². The third-order valence-corrected chi connectivity index (χ3v) is 14.1. The molecule has 0 fully saturated rings. The molecule has 0 saturated heterocycles. The normalized spacial score (nSPS) is 12.4. The van der Waals surface area contributed by atoms with Crippen molar-refractivity contribution in [3.63, 3.8) is 0 Å². The number of hydrogen-bond donors (Lipinski definition) is 0. The molecule has 1 heterocycles. The van der Waals surface area contributed by atoms with Gasteiger partial charge in [0.05, 0.1) is 14.2 Å². The Morgan fingerprint density at radius 3 is 1.21 bits per heavy atom. The van der Waals surface area contributed by atoms with E-state index in [9.17, 15) is 0 Å². The SMILES string of the molecule is COc1cc(-c2cc(OC)cc(C(C)(C)C)c2Op2oc3c(C(C)(C)C)cc(C)cc3c3cc(C)cc(C(C)(C)C)c3o2)c(OP(Oc2ccccc2C)Oc2ccccc2C)c(C(C)(C)C)c1. The van der Waals surface area contributed by atoms with Gasteiger partial charge in [-0.05, 0) is 120 Å². The summed E-state index contributed by atoms with van der Waals surface area (Å²) < 4.78 is 55.0. The van der Waals surface area contributed by atoms with E-state index >= 15 is 0 Å². The fraction of sp³-hybridized carbons (Fsp3) is 0.379. The van der Waals surface area contributed by atoms with E-state index in [0.717, 1.165) is 66.4 Å². The summed E-state index contributed by atoms with van der Waals surface area (Å²) in [5, 5.41) is 1.96. The van der Waals surface area contributed by atoms with E-state index in [-0.39, 0.29) is 10.8 Å². The molecule has 0 saturated carbocycles. The van der Waals surface area contributed by atoms with Crippen LogP contribution in [0.1, 0.15) is 128 Å². The maximum absolute atomic E-state index is 7.48. The summed E-state index contributed by atoms with van der Waals surface area (Å²) in [6.45, 7) is 34.6. The molecular formula is C58H70O8P2. The van der Waals surface area contributed by atoms with E-state index in [0.29, 0.717) is 45.6 Å². The zero-order valence-electron chi connectivity index (χ0n) is 43.4. The number of aryl methyl sites for hydroxylation is 4. The highest BCUT2D eigenvalue weighted by molar-refractivity contribution is 7.43. The topological polar surface area (TPSA) is 81.7 Å².